The number of hydrogen-bond donors (Lipinski definition) is 2. The summed E-state index contributed by atoms with van der Waals surface area (Å²) in [5.41, 5.74) is 0. The van der Waals surface area contributed by atoms with E-state index in [1.807, 2.05) is 24.0 Å². The number of amides is 2. The average Bonchev–Trinajstić information content (AvgIpc) is 3.18. The SMILES string of the molecule is Cc1ccc(C(=O)NC2CCN(C(=O)C3CCNC3)CC2)s1.Cl. The zero-order valence-corrected chi connectivity index (χ0v) is 15.0. The molecule has 1 aromatic heterocycles. The zero-order valence-electron chi connectivity index (χ0n) is 13.3. The first-order chi connectivity index (χ1) is 10.6. The van der Waals surface area contributed by atoms with Gasteiger partial charge in [-0.3, -0.25) is 9.59 Å². The van der Waals surface area contributed by atoms with Crippen LogP contribution in [0, 0.1) is 12.8 Å². The molecule has 0 radical (unpaired) electrons. The predicted octanol–water partition coefficient (Wildman–Crippen LogP) is 1.81. The summed E-state index contributed by atoms with van der Waals surface area (Å²) in [7, 11) is 0. The molecule has 0 saturated carbocycles. The summed E-state index contributed by atoms with van der Waals surface area (Å²) < 4.78 is 0. The highest BCUT2D eigenvalue weighted by molar-refractivity contribution is 7.13. The molecule has 3 rings (SSSR count). The van der Waals surface area contributed by atoms with Crippen LogP contribution in [0.15, 0.2) is 12.1 Å². The molecule has 3 heterocycles. The molecule has 23 heavy (non-hydrogen) atoms. The van der Waals surface area contributed by atoms with Gasteiger partial charge in [0.05, 0.1) is 10.8 Å². The highest BCUT2D eigenvalue weighted by Crippen LogP contribution is 2.19. The van der Waals surface area contributed by atoms with Crippen LogP contribution in [0.4, 0.5) is 0 Å². The Morgan fingerprint density at radius 2 is 2.00 bits per heavy atom. The highest BCUT2D eigenvalue weighted by Gasteiger charge is 2.30. The maximum Gasteiger partial charge on any atom is 0.261 e. The summed E-state index contributed by atoms with van der Waals surface area (Å²) in [6.07, 6.45) is 2.65. The second-order valence-electron chi connectivity index (χ2n) is 6.17. The van der Waals surface area contributed by atoms with Crippen LogP contribution in [-0.2, 0) is 4.79 Å². The number of nitrogens with zero attached hydrogens (tertiary/aromatic N) is 1. The molecule has 2 fully saturated rings. The van der Waals surface area contributed by atoms with E-state index in [0.717, 1.165) is 55.2 Å². The summed E-state index contributed by atoms with van der Waals surface area (Å²) >= 11 is 1.52. The second-order valence-corrected chi connectivity index (χ2v) is 7.46. The zero-order chi connectivity index (χ0) is 15.5. The molecule has 1 unspecified atom stereocenters. The summed E-state index contributed by atoms with van der Waals surface area (Å²) in [6.45, 7) is 5.27. The van der Waals surface area contributed by atoms with E-state index in [0.29, 0.717) is 0 Å². The summed E-state index contributed by atoms with van der Waals surface area (Å²) in [5, 5.41) is 6.34. The van der Waals surface area contributed by atoms with Crippen molar-refractivity contribution in [3.63, 3.8) is 0 Å². The maximum atomic E-state index is 12.4. The fourth-order valence-corrected chi connectivity index (χ4v) is 3.95. The van der Waals surface area contributed by atoms with Gasteiger partial charge >= 0.3 is 0 Å². The number of carbonyl (C=O) groups is 2. The lowest BCUT2D eigenvalue weighted by Gasteiger charge is -2.33. The van der Waals surface area contributed by atoms with Crippen molar-refractivity contribution < 1.29 is 9.59 Å². The van der Waals surface area contributed by atoms with Gasteiger partial charge in [0, 0.05) is 30.6 Å². The van der Waals surface area contributed by atoms with Crippen molar-refractivity contribution >= 4 is 35.6 Å². The van der Waals surface area contributed by atoms with Crippen molar-refractivity contribution in [2.24, 2.45) is 5.92 Å². The molecule has 0 bridgehead atoms. The molecule has 2 aliphatic heterocycles. The van der Waals surface area contributed by atoms with Gasteiger partial charge in [-0.25, -0.2) is 0 Å². The molecule has 128 valence electrons. The molecule has 0 aromatic carbocycles. The number of likely N-dealkylation sites (tertiary alicyclic amines) is 1. The lowest BCUT2D eigenvalue weighted by Crippen LogP contribution is -2.48. The molecule has 7 heteroatoms. The van der Waals surface area contributed by atoms with Crippen molar-refractivity contribution in [1.29, 1.82) is 0 Å². The monoisotopic (exact) mass is 357 g/mol. The lowest BCUT2D eigenvalue weighted by molar-refractivity contribution is -0.136. The van der Waals surface area contributed by atoms with Gasteiger partial charge in [0.15, 0.2) is 0 Å². The van der Waals surface area contributed by atoms with E-state index in [1.165, 1.54) is 11.3 Å². The minimum atomic E-state index is 0. The van der Waals surface area contributed by atoms with E-state index in [-0.39, 0.29) is 36.2 Å². The fourth-order valence-electron chi connectivity index (χ4n) is 3.18. The van der Waals surface area contributed by atoms with Gasteiger partial charge in [0.2, 0.25) is 5.91 Å². The van der Waals surface area contributed by atoms with E-state index >= 15 is 0 Å². The number of rotatable bonds is 3. The summed E-state index contributed by atoms with van der Waals surface area (Å²) in [4.78, 5) is 28.4. The Bertz CT molecular complexity index is 549. The van der Waals surface area contributed by atoms with Crippen molar-refractivity contribution in [1.82, 2.24) is 15.5 Å². The Morgan fingerprint density at radius 3 is 2.57 bits per heavy atom. The predicted molar refractivity (Wildman–Crippen MR) is 94.3 cm³/mol. The molecular weight excluding hydrogens is 334 g/mol. The molecule has 5 nitrogen and oxygen atoms in total. The Hall–Kier alpha value is -1.11. The molecule has 1 aromatic rings. The number of halogens is 1. The Morgan fingerprint density at radius 1 is 1.26 bits per heavy atom. The average molecular weight is 358 g/mol. The van der Waals surface area contributed by atoms with Gasteiger partial charge in [-0.05, 0) is 44.9 Å². The number of piperidine rings is 1. The maximum absolute atomic E-state index is 12.4. The number of thiophene rings is 1. The molecule has 0 aliphatic carbocycles. The lowest BCUT2D eigenvalue weighted by atomic mass is 10.0. The number of carbonyl (C=O) groups excluding carboxylic acids is 2. The first-order valence-electron chi connectivity index (χ1n) is 8.00. The molecular formula is C16H24ClN3O2S. The quantitative estimate of drug-likeness (QED) is 0.867. The minimum absolute atomic E-state index is 0. The van der Waals surface area contributed by atoms with E-state index in [2.05, 4.69) is 10.6 Å². The van der Waals surface area contributed by atoms with Crippen molar-refractivity contribution in [2.45, 2.75) is 32.2 Å². The van der Waals surface area contributed by atoms with Crippen molar-refractivity contribution in [2.75, 3.05) is 26.2 Å². The smallest absolute Gasteiger partial charge is 0.261 e. The summed E-state index contributed by atoms with van der Waals surface area (Å²) in [5.74, 6) is 0.451. The topological polar surface area (TPSA) is 61.4 Å². The normalized spacial score (nSPS) is 21.8. The van der Waals surface area contributed by atoms with E-state index < -0.39 is 0 Å². The van der Waals surface area contributed by atoms with Crippen LogP contribution in [0.3, 0.4) is 0 Å². The second kappa shape index (κ2) is 8.13. The van der Waals surface area contributed by atoms with Gasteiger partial charge in [0.25, 0.3) is 5.91 Å². The molecule has 2 aliphatic rings. The Labute approximate surface area is 147 Å². The fraction of sp³-hybridized carbons (Fsp3) is 0.625. The Balaban J connectivity index is 0.00000192. The third kappa shape index (κ3) is 4.46. The van der Waals surface area contributed by atoms with E-state index in [9.17, 15) is 9.59 Å². The first kappa shape index (κ1) is 18.2. The standard InChI is InChI=1S/C16H23N3O2S.ClH/c1-11-2-3-14(22-11)15(20)18-13-5-8-19(9-6-13)16(21)12-4-7-17-10-12;/h2-3,12-13,17H,4-10H2,1H3,(H,18,20);1H. The Kier molecular flexibility index (Phi) is 6.44. The molecule has 2 saturated heterocycles. The van der Waals surface area contributed by atoms with Crippen LogP contribution < -0.4 is 10.6 Å². The van der Waals surface area contributed by atoms with E-state index in [1.54, 1.807) is 0 Å². The van der Waals surface area contributed by atoms with Crippen molar-refractivity contribution in [3.05, 3.63) is 21.9 Å². The number of nitrogens with one attached hydrogen (secondary N) is 2. The van der Waals surface area contributed by atoms with Crippen LogP contribution in [0.5, 0.6) is 0 Å². The van der Waals surface area contributed by atoms with Gasteiger partial charge < -0.3 is 15.5 Å². The first-order valence-corrected chi connectivity index (χ1v) is 8.82. The molecule has 2 N–H and O–H groups in total. The van der Waals surface area contributed by atoms with Gasteiger partial charge in [-0.1, -0.05) is 0 Å². The van der Waals surface area contributed by atoms with Crippen LogP contribution >= 0.6 is 23.7 Å². The largest absolute Gasteiger partial charge is 0.348 e. The molecule has 1 atom stereocenters. The third-order valence-corrected chi connectivity index (χ3v) is 5.52. The van der Waals surface area contributed by atoms with Crippen LogP contribution in [0.1, 0.15) is 33.8 Å². The van der Waals surface area contributed by atoms with Gasteiger partial charge in [0.1, 0.15) is 0 Å². The van der Waals surface area contributed by atoms with Crippen molar-refractivity contribution in [3.8, 4) is 0 Å². The number of hydrogen-bond acceptors (Lipinski definition) is 4. The van der Waals surface area contributed by atoms with E-state index in [4.69, 9.17) is 0 Å². The van der Waals surface area contributed by atoms with Crippen LogP contribution in [-0.4, -0.2) is 48.9 Å². The third-order valence-electron chi connectivity index (χ3n) is 4.52. The molecule has 2 amide bonds. The highest BCUT2D eigenvalue weighted by atomic mass is 35.5. The van der Waals surface area contributed by atoms with Gasteiger partial charge in [-0.15, -0.1) is 23.7 Å². The summed E-state index contributed by atoms with van der Waals surface area (Å²) in [6, 6.07) is 4.03. The van der Waals surface area contributed by atoms with Crippen LogP contribution in [0.2, 0.25) is 0 Å². The number of aryl methyl sites for hydroxylation is 1. The van der Waals surface area contributed by atoms with Crippen LogP contribution in [0.25, 0.3) is 0 Å². The molecule has 0 spiro atoms. The van der Waals surface area contributed by atoms with Gasteiger partial charge in [-0.2, -0.15) is 0 Å². The minimum Gasteiger partial charge on any atom is -0.348 e.